The lowest BCUT2D eigenvalue weighted by atomic mass is 10.7. The Morgan fingerprint density at radius 2 is 2.00 bits per heavy atom. The molecule has 0 bridgehead atoms. The molecule has 1 atom stereocenters. The predicted octanol–water partition coefficient (Wildman–Crippen LogP) is 0.821. The van der Waals surface area contributed by atoms with E-state index in [1.807, 2.05) is 0 Å². The Hall–Kier alpha value is -1.47. The van der Waals surface area contributed by atoms with Gasteiger partial charge in [-0.25, -0.2) is 0 Å². The van der Waals surface area contributed by atoms with Gasteiger partial charge in [0.25, 0.3) is 10.1 Å². The predicted molar refractivity (Wildman–Crippen MR) is 38.5 cm³/mol. The Bertz CT molecular complexity index is 334. The molecule has 0 aromatic heterocycles. The summed E-state index contributed by atoms with van der Waals surface area (Å²) >= 11 is 0. The minimum atomic E-state index is -4.48. The van der Waals surface area contributed by atoms with Gasteiger partial charge >= 0.3 is 0 Å². The molecular weight excluding hydrogens is 188 g/mol. The minimum absolute atomic E-state index is 0.626. The molecule has 0 aromatic rings. The fourth-order valence-corrected chi connectivity index (χ4v) is 0.771. The van der Waals surface area contributed by atoms with Crippen LogP contribution in [0.4, 0.5) is 0 Å². The highest BCUT2D eigenvalue weighted by Crippen LogP contribution is 2.01. The quantitative estimate of drug-likeness (QED) is 0.303. The van der Waals surface area contributed by atoms with E-state index in [9.17, 15) is 8.42 Å². The SMILES string of the molecule is [N-]=[N+]=NCC(N=[N+]=[N-])S(=O)(=O)O. The van der Waals surface area contributed by atoms with Crippen molar-refractivity contribution in [3.05, 3.63) is 20.9 Å². The van der Waals surface area contributed by atoms with Gasteiger partial charge in [0.15, 0.2) is 5.37 Å². The van der Waals surface area contributed by atoms with E-state index in [0.29, 0.717) is 0 Å². The molecule has 0 aliphatic carbocycles. The summed E-state index contributed by atoms with van der Waals surface area (Å²) in [6.45, 7) is -0.626. The maximum atomic E-state index is 10.3. The van der Waals surface area contributed by atoms with Gasteiger partial charge in [-0.2, -0.15) is 8.42 Å². The van der Waals surface area contributed by atoms with Crippen molar-refractivity contribution in [3.8, 4) is 0 Å². The molecule has 0 saturated carbocycles. The molecule has 1 N–H and O–H groups in total. The molecule has 0 saturated heterocycles. The van der Waals surface area contributed by atoms with Gasteiger partial charge in [-0.1, -0.05) is 10.2 Å². The first-order valence-electron chi connectivity index (χ1n) is 2.53. The van der Waals surface area contributed by atoms with Gasteiger partial charge in [0.1, 0.15) is 0 Å². The molecule has 1 unspecified atom stereocenters. The van der Waals surface area contributed by atoms with Crippen molar-refractivity contribution in [2.45, 2.75) is 5.37 Å². The lowest BCUT2D eigenvalue weighted by molar-refractivity contribution is 0.468. The van der Waals surface area contributed by atoms with Gasteiger partial charge in [-0.05, 0) is 11.1 Å². The van der Waals surface area contributed by atoms with Gasteiger partial charge in [0.05, 0.1) is 6.54 Å². The molecule has 10 heteroatoms. The van der Waals surface area contributed by atoms with Gasteiger partial charge in [-0.3, -0.25) is 4.55 Å². The highest BCUT2D eigenvalue weighted by atomic mass is 32.2. The monoisotopic (exact) mass is 192 g/mol. The smallest absolute Gasteiger partial charge is 0.273 e. The molecule has 0 spiro atoms. The fourth-order valence-electron chi connectivity index (χ4n) is 0.354. The number of azide groups is 2. The van der Waals surface area contributed by atoms with Gasteiger partial charge in [0.2, 0.25) is 0 Å². The first kappa shape index (κ1) is 10.5. The van der Waals surface area contributed by atoms with E-state index in [4.69, 9.17) is 15.6 Å². The summed E-state index contributed by atoms with van der Waals surface area (Å²) in [4.78, 5) is 4.40. The molecule has 0 amide bonds. The highest BCUT2D eigenvalue weighted by Gasteiger charge is 2.19. The Morgan fingerprint density at radius 3 is 2.33 bits per heavy atom. The standard InChI is InChI=1S/C2H4N6O3S/c3-7-5-1-2(6-8-4)12(9,10)11/h2H,1H2,(H,9,10,11). The van der Waals surface area contributed by atoms with Crippen LogP contribution in [0, 0.1) is 0 Å². The van der Waals surface area contributed by atoms with Crippen LogP contribution in [-0.4, -0.2) is 24.9 Å². The van der Waals surface area contributed by atoms with Crippen molar-refractivity contribution in [1.82, 2.24) is 0 Å². The van der Waals surface area contributed by atoms with Crippen LogP contribution in [0.3, 0.4) is 0 Å². The number of hydrogen-bond acceptors (Lipinski definition) is 4. The van der Waals surface area contributed by atoms with Crippen molar-refractivity contribution < 1.29 is 13.0 Å². The van der Waals surface area contributed by atoms with Crippen LogP contribution in [0.5, 0.6) is 0 Å². The zero-order valence-corrected chi connectivity index (χ0v) is 6.46. The molecule has 0 aliphatic heterocycles. The van der Waals surface area contributed by atoms with E-state index < -0.39 is 22.0 Å². The number of nitrogens with zero attached hydrogens (tertiary/aromatic N) is 6. The summed E-state index contributed by atoms with van der Waals surface area (Å²) in [5, 5.41) is 3.79. The summed E-state index contributed by atoms with van der Waals surface area (Å²) in [6.07, 6.45) is 0. The van der Waals surface area contributed by atoms with E-state index in [1.54, 1.807) is 0 Å². The lowest BCUT2D eigenvalue weighted by Crippen LogP contribution is -2.20. The largest absolute Gasteiger partial charge is 0.285 e. The van der Waals surface area contributed by atoms with Crippen LogP contribution in [0.15, 0.2) is 10.2 Å². The second-order valence-corrected chi connectivity index (χ2v) is 3.16. The number of hydrogen-bond donors (Lipinski definition) is 1. The third kappa shape index (κ3) is 3.64. The summed E-state index contributed by atoms with van der Waals surface area (Å²) in [5.41, 5.74) is 15.6. The molecule has 9 nitrogen and oxygen atoms in total. The summed E-state index contributed by atoms with van der Waals surface area (Å²) in [7, 11) is -4.48. The highest BCUT2D eigenvalue weighted by molar-refractivity contribution is 7.86. The zero-order valence-electron chi connectivity index (χ0n) is 5.64. The molecule has 0 rings (SSSR count). The fraction of sp³-hybridized carbons (Fsp3) is 1.00. The molecule has 12 heavy (non-hydrogen) atoms. The Balaban J connectivity index is 4.67. The van der Waals surface area contributed by atoms with Crippen molar-refractivity contribution in [2.75, 3.05) is 6.54 Å². The molecule has 0 heterocycles. The van der Waals surface area contributed by atoms with Crippen LogP contribution >= 0.6 is 0 Å². The van der Waals surface area contributed by atoms with Gasteiger partial charge in [0, 0.05) is 9.82 Å². The van der Waals surface area contributed by atoms with Crippen molar-refractivity contribution >= 4 is 10.1 Å². The van der Waals surface area contributed by atoms with Crippen molar-refractivity contribution in [3.63, 3.8) is 0 Å². The third-order valence-corrected chi connectivity index (χ3v) is 1.76. The minimum Gasteiger partial charge on any atom is -0.285 e. The lowest BCUT2D eigenvalue weighted by Gasteiger charge is -2.00. The second-order valence-electron chi connectivity index (χ2n) is 1.59. The Morgan fingerprint density at radius 1 is 1.42 bits per heavy atom. The van der Waals surface area contributed by atoms with Crippen molar-refractivity contribution in [2.24, 2.45) is 10.2 Å². The van der Waals surface area contributed by atoms with E-state index in [1.165, 1.54) is 0 Å². The summed E-state index contributed by atoms with van der Waals surface area (Å²) in [5.74, 6) is 0. The van der Waals surface area contributed by atoms with E-state index in [-0.39, 0.29) is 0 Å². The maximum absolute atomic E-state index is 10.3. The third-order valence-electron chi connectivity index (χ3n) is 0.825. The summed E-state index contributed by atoms with van der Waals surface area (Å²) < 4.78 is 29.0. The van der Waals surface area contributed by atoms with Crippen LogP contribution in [-0.2, 0) is 10.1 Å². The topological polar surface area (TPSA) is 152 Å². The average molecular weight is 192 g/mol. The van der Waals surface area contributed by atoms with E-state index in [0.717, 1.165) is 0 Å². The molecule has 0 aliphatic rings. The van der Waals surface area contributed by atoms with Gasteiger partial charge < -0.3 is 0 Å². The Kier molecular flexibility index (Phi) is 3.88. The van der Waals surface area contributed by atoms with Crippen LogP contribution in [0.25, 0.3) is 20.9 Å². The molecular formula is C2H4N6O3S. The maximum Gasteiger partial charge on any atom is 0.273 e. The van der Waals surface area contributed by atoms with Crippen LogP contribution in [0.2, 0.25) is 0 Å². The van der Waals surface area contributed by atoms with Crippen LogP contribution < -0.4 is 0 Å². The first-order valence-corrected chi connectivity index (χ1v) is 4.04. The second kappa shape index (κ2) is 4.42. The molecule has 66 valence electrons. The normalized spacial score (nSPS) is 12.4. The number of rotatable bonds is 4. The summed E-state index contributed by atoms with van der Waals surface area (Å²) in [6, 6.07) is 0. The molecule has 0 radical (unpaired) electrons. The van der Waals surface area contributed by atoms with E-state index in [2.05, 4.69) is 20.1 Å². The molecule has 0 fully saturated rings. The van der Waals surface area contributed by atoms with Gasteiger partial charge in [-0.15, -0.1) is 0 Å². The average Bonchev–Trinajstić information content (AvgIpc) is 1.95. The Labute approximate surface area is 67.0 Å². The van der Waals surface area contributed by atoms with E-state index >= 15 is 0 Å². The first-order chi connectivity index (χ1) is 5.52. The zero-order chi connectivity index (χ0) is 9.61. The van der Waals surface area contributed by atoms with Crippen LogP contribution in [0.1, 0.15) is 0 Å². The van der Waals surface area contributed by atoms with Crippen molar-refractivity contribution in [1.29, 1.82) is 0 Å². The molecule has 0 aromatic carbocycles.